The third-order valence-corrected chi connectivity index (χ3v) is 3.84. The molecule has 3 rings (SSSR count). The van der Waals surface area contributed by atoms with E-state index in [9.17, 15) is 5.11 Å². The number of ether oxygens (including phenoxy) is 1. The molecule has 2 heterocycles. The van der Waals surface area contributed by atoms with Gasteiger partial charge in [0.25, 0.3) is 0 Å². The van der Waals surface area contributed by atoms with Gasteiger partial charge in [-0.15, -0.1) is 5.10 Å². The lowest BCUT2D eigenvalue weighted by molar-refractivity contribution is 0.163. The molecule has 9 heteroatoms. The second-order valence-electron chi connectivity index (χ2n) is 5.19. The van der Waals surface area contributed by atoms with E-state index >= 15 is 0 Å². The van der Waals surface area contributed by atoms with Gasteiger partial charge in [-0.1, -0.05) is 30.7 Å². The SMILES string of the molecule is CCC(O)c1nc(-c2n[nH]nc2Cl)n(Cc2ccc(OC)cc2)n1. The number of hydrogen-bond acceptors (Lipinski definition) is 6. The molecule has 2 aromatic heterocycles. The summed E-state index contributed by atoms with van der Waals surface area (Å²) in [5.74, 6) is 1.56. The first-order chi connectivity index (χ1) is 11.6. The van der Waals surface area contributed by atoms with Crippen LogP contribution in [0.2, 0.25) is 5.15 Å². The van der Waals surface area contributed by atoms with Crippen LogP contribution in [0.5, 0.6) is 5.75 Å². The molecule has 0 amide bonds. The molecule has 2 N–H and O–H groups in total. The van der Waals surface area contributed by atoms with Crippen LogP contribution < -0.4 is 4.74 Å². The van der Waals surface area contributed by atoms with Gasteiger partial charge in [0.2, 0.25) is 0 Å². The van der Waals surface area contributed by atoms with Gasteiger partial charge in [-0.3, -0.25) is 0 Å². The zero-order chi connectivity index (χ0) is 17.1. The Labute approximate surface area is 143 Å². The van der Waals surface area contributed by atoms with Crippen LogP contribution in [0.3, 0.4) is 0 Å². The van der Waals surface area contributed by atoms with Crippen LogP contribution >= 0.6 is 11.6 Å². The summed E-state index contributed by atoms with van der Waals surface area (Å²) in [6.45, 7) is 2.31. The molecule has 0 radical (unpaired) electrons. The van der Waals surface area contributed by atoms with Crippen LogP contribution in [0, 0.1) is 0 Å². The number of aromatic amines is 1. The van der Waals surface area contributed by atoms with Gasteiger partial charge in [0, 0.05) is 0 Å². The van der Waals surface area contributed by atoms with Crippen molar-refractivity contribution in [2.45, 2.75) is 26.0 Å². The number of aliphatic hydroxyl groups is 1. The number of hydrogen-bond donors (Lipinski definition) is 2. The molecule has 1 unspecified atom stereocenters. The Morgan fingerprint density at radius 2 is 2.04 bits per heavy atom. The number of rotatable bonds is 6. The summed E-state index contributed by atoms with van der Waals surface area (Å²) >= 11 is 6.05. The van der Waals surface area contributed by atoms with Crippen LogP contribution in [-0.4, -0.2) is 42.4 Å². The monoisotopic (exact) mass is 348 g/mol. The molecule has 24 heavy (non-hydrogen) atoms. The molecule has 0 aliphatic heterocycles. The van der Waals surface area contributed by atoms with Crippen molar-refractivity contribution in [3.8, 4) is 17.3 Å². The number of H-pyrrole nitrogens is 1. The van der Waals surface area contributed by atoms with Gasteiger partial charge in [-0.05, 0) is 24.1 Å². The van der Waals surface area contributed by atoms with Gasteiger partial charge >= 0.3 is 0 Å². The zero-order valence-electron chi connectivity index (χ0n) is 13.3. The fraction of sp³-hybridized carbons (Fsp3) is 0.333. The lowest BCUT2D eigenvalue weighted by Gasteiger charge is -2.06. The van der Waals surface area contributed by atoms with E-state index in [1.807, 2.05) is 31.2 Å². The molecule has 0 bridgehead atoms. The Bertz CT molecular complexity index is 814. The van der Waals surface area contributed by atoms with Gasteiger partial charge in [0.15, 0.2) is 22.5 Å². The number of benzene rings is 1. The van der Waals surface area contributed by atoms with Crippen LogP contribution in [0.1, 0.15) is 30.8 Å². The lowest BCUT2D eigenvalue weighted by Crippen LogP contribution is -2.06. The van der Waals surface area contributed by atoms with E-state index in [2.05, 4.69) is 25.5 Å². The normalized spacial score (nSPS) is 12.3. The Kier molecular flexibility index (Phi) is 4.77. The topological polar surface area (TPSA) is 102 Å². The van der Waals surface area contributed by atoms with Crippen LogP contribution in [0.4, 0.5) is 0 Å². The summed E-state index contributed by atoms with van der Waals surface area (Å²) in [7, 11) is 1.62. The van der Waals surface area contributed by atoms with Gasteiger partial charge in [-0.25, -0.2) is 9.67 Å². The van der Waals surface area contributed by atoms with E-state index in [0.717, 1.165) is 11.3 Å². The number of halogens is 1. The summed E-state index contributed by atoms with van der Waals surface area (Å²) in [5, 5.41) is 24.9. The van der Waals surface area contributed by atoms with Crippen molar-refractivity contribution in [3.05, 3.63) is 40.8 Å². The molecular formula is C15H17ClN6O2. The van der Waals surface area contributed by atoms with Crippen LogP contribution in [0.15, 0.2) is 24.3 Å². The van der Waals surface area contributed by atoms with Crippen molar-refractivity contribution in [3.63, 3.8) is 0 Å². The van der Waals surface area contributed by atoms with Crippen LogP contribution in [0.25, 0.3) is 11.5 Å². The molecule has 1 atom stereocenters. The fourth-order valence-corrected chi connectivity index (χ4v) is 2.40. The number of nitrogens with one attached hydrogen (secondary N) is 1. The molecule has 1 aromatic carbocycles. The van der Waals surface area contributed by atoms with Crippen molar-refractivity contribution < 1.29 is 9.84 Å². The van der Waals surface area contributed by atoms with Crippen molar-refractivity contribution in [1.82, 2.24) is 30.2 Å². The molecule has 0 aliphatic rings. The second kappa shape index (κ2) is 6.98. The molecule has 3 aromatic rings. The smallest absolute Gasteiger partial charge is 0.182 e. The highest BCUT2D eigenvalue weighted by Crippen LogP contribution is 2.25. The zero-order valence-corrected chi connectivity index (χ0v) is 14.0. The van der Waals surface area contributed by atoms with Crippen LogP contribution in [-0.2, 0) is 6.54 Å². The maximum Gasteiger partial charge on any atom is 0.182 e. The Hall–Kier alpha value is -2.45. The minimum absolute atomic E-state index is 0.205. The Balaban J connectivity index is 1.98. The number of aromatic nitrogens is 6. The van der Waals surface area contributed by atoms with Crippen molar-refractivity contribution >= 4 is 11.6 Å². The average Bonchev–Trinajstić information content (AvgIpc) is 3.21. The van der Waals surface area contributed by atoms with Gasteiger partial charge in [-0.2, -0.15) is 15.4 Å². The molecule has 0 saturated heterocycles. The van der Waals surface area contributed by atoms with E-state index in [-0.39, 0.29) is 5.15 Å². The maximum absolute atomic E-state index is 10.0. The van der Waals surface area contributed by atoms with E-state index in [4.69, 9.17) is 16.3 Å². The number of nitrogens with zero attached hydrogens (tertiary/aromatic N) is 5. The molecule has 0 fully saturated rings. The predicted molar refractivity (Wildman–Crippen MR) is 87.8 cm³/mol. The summed E-state index contributed by atoms with van der Waals surface area (Å²) in [6, 6.07) is 7.61. The first kappa shape index (κ1) is 16.4. The fourth-order valence-electron chi connectivity index (χ4n) is 2.23. The van der Waals surface area contributed by atoms with Gasteiger partial charge in [0.1, 0.15) is 11.9 Å². The lowest BCUT2D eigenvalue weighted by atomic mass is 10.2. The quantitative estimate of drug-likeness (QED) is 0.708. The predicted octanol–water partition coefficient (Wildman–Crippen LogP) is 2.22. The highest BCUT2D eigenvalue weighted by atomic mass is 35.5. The maximum atomic E-state index is 10.0. The third-order valence-electron chi connectivity index (χ3n) is 3.58. The second-order valence-corrected chi connectivity index (χ2v) is 5.54. The summed E-state index contributed by atoms with van der Waals surface area (Å²) in [6.07, 6.45) is -0.232. The highest BCUT2D eigenvalue weighted by Gasteiger charge is 2.21. The van der Waals surface area contributed by atoms with E-state index in [1.54, 1.807) is 11.8 Å². The van der Waals surface area contributed by atoms with E-state index < -0.39 is 6.10 Å². The van der Waals surface area contributed by atoms with Crippen molar-refractivity contribution in [1.29, 1.82) is 0 Å². The number of methoxy groups -OCH3 is 1. The molecule has 0 saturated carbocycles. The summed E-state index contributed by atoms with van der Waals surface area (Å²) in [4.78, 5) is 4.38. The summed E-state index contributed by atoms with van der Waals surface area (Å²) < 4.78 is 6.81. The van der Waals surface area contributed by atoms with Crippen molar-refractivity contribution in [2.24, 2.45) is 0 Å². The standard InChI is InChI=1S/C15H17ClN6O2/c1-3-11(23)14-17-15(12-13(16)19-21-18-12)22(20-14)8-9-4-6-10(24-2)7-5-9/h4-7,11,23H,3,8H2,1-2H3,(H,18,19,21). The first-order valence-electron chi connectivity index (χ1n) is 7.44. The number of aliphatic hydroxyl groups excluding tert-OH is 1. The van der Waals surface area contributed by atoms with Crippen molar-refractivity contribution in [2.75, 3.05) is 7.11 Å². The van der Waals surface area contributed by atoms with E-state index in [0.29, 0.717) is 30.3 Å². The summed E-state index contributed by atoms with van der Waals surface area (Å²) in [5.41, 5.74) is 1.39. The van der Waals surface area contributed by atoms with Gasteiger partial charge < -0.3 is 9.84 Å². The minimum Gasteiger partial charge on any atom is -0.497 e. The molecule has 8 nitrogen and oxygen atoms in total. The molecular weight excluding hydrogens is 332 g/mol. The molecule has 126 valence electrons. The highest BCUT2D eigenvalue weighted by molar-refractivity contribution is 6.31. The molecule has 0 spiro atoms. The van der Waals surface area contributed by atoms with E-state index in [1.165, 1.54) is 0 Å². The third kappa shape index (κ3) is 3.24. The molecule has 0 aliphatic carbocycles. The first-order valence-corrected chi connectivity index (χ1v) is 7.82. The average molecular weight is 349 g/mol. The Morgan fingerprint density at radius 3 is 2.62 bits per heavy atom. The minimum atomic E-state index is -0.744. The Morgan fingerprint density at radius 1 is 1.29 bits per heavy atom. The van der Waals surface area contributed by atoms with Gasteiger partial charge in [0.05, 0.1) is 13.7 Å². The largest absolute Gasteiger partial charge is 0.497 e.